The van der Waals surface area contributed by atoms with Crippen LogP contribution in [0.1, 0.15) is 49.1 Å². The van der Waals surface area contributed by atoms with Gasteiger partial charge in [-0.3, -0.25) is 9.59 Å². The molecule has 16 heteroatoms. The van der Waals surface area contributed by atoms with E-state index in [0.717, 1.165) is 10.7 Å². The average molecular weight is 582 g/mol. The van der Waals surface area contributed by atoms with Crippen molar-refractivity contribution in [1.82, 2.24) is 24.3 Å². The summed E-state index contributed by atoms with van der Waals surface area (Å²) >= 11 is 6.19. The van der Waals surface area contributed by atoms with Crippen LogP contribution in [0, 0.1) is 18.3 Å². The number of alkyl halides is 6. The maximum atomic E-state index is 13.6. The highest BCUT2D eigenvalue weighted by Gasteiger charge is 2.47. The normalized spacial score (nSPS) is 11.8. The first-order valence-electron chi connectivity index (χ1n) is 10.9. The van der Waals surface area contributed by atoms with Gasteiger partial charge in [-0.05, 0) is 42.8 Å². The second-order valence-corrected chi connectivity index (χ2v) is 8.66. The molecule has 0 atom stereocenters. The monoisotopic (exact) mass is 581 g/mol. The van der Waals surface area contributed by atoms with Crippen LogP contribution < -0.4 is 5.32 Å². The van der Waals surface area contributed by atoms with Crippen molar-refractivity contribution in [1.29, 1.82) is 5.26 Å². The molecule has 0 fully saturated rings. The molecule has 0 radical (unpaired) electrons. The lowest BCUT2D eigenvalue weighted by Gasteiger charge is -2.13. The lowest BCUT2D eigenvalue weighted by molar-refractivity contribution is -0.167. The number of halogens is 7. The predicted molar refractivity (Wildman–Crippen MR) is 127 cm³/mol. The fourth-order valence-electron chi connectivity index (χ4n) is 3.87. The van der Waals surface area contributed by atoms with Crippen molar-refractivity contribution in [3.63, 3.8) is 0 Å². The van der Waals surface area contributed by atoms with Gasteiger partial charge in [0.2, 0.25) is 0 Å². The minimum absolute atomic E-state index is 0.00713. The van der Waals surface area contributed by atoms with Crippen LogP contribution in [0.2, 0.25) is 5.02 Å². The number of benzene rings is 1. The number of amides is 1. The largest absolute Gasteiger partial charge is 0.435 e. The van der Waals surface area contributed by atoms with Gasteiger partial charge in [0, 0.05) is 11.8 Å². The van der Waals surface area contributed by atoms with Crippen LogP contribution in [0.5, 0.6) is 0 Å². The number of hydrogen-bond acceptors (Lipinski definition) is 6. The van der Waals surface area contributed by atoms with E-state index in [2.05, 4.69) is 20.4 Å². The number of aldehydes is 1. The number of hydrogen-bond donors (Lipinski definition) is 1. The molecule has 0 aliphatic heterocycles. The van der Waals surface area contributed by atoms with Crippen LogP contribution in [0.3, 0.4) is 0 Å². The molecule has 0 aliphatic rings. The molecule has 206 valence electrons. The molecule has 1 amide bonds. The van der Waals surface area contributed by atoms with E-state index in [-0.39, 0.29) is 43.6 Å². The molecule has 0 saturated carbocycles. The van der Waals surface area contributed by atoms with Gasteiger partial charge in [-0.1, -0.05) is 11.6 Å². The van der Waals surface area contributed by atoms with E-state index in [1.807, 2.05) is 6.07 Å². The van der Waals surface area contributed by atoms with Gasteiger partial charge >= 0.3 is 12.4 Å². The minimum Gasteiger partial charge on any atom is -0.320 e. The van der Waals surface area contributed by atoms with Gasteiger partial charge in [-0.2, -0.15) is 36.7 Å². The first-order valence-corrected chi connectivity index (χ1v) is 11.3. The number of anilines is 1. The van der Waals surface area contributed by atoms with Crippen LogP contribution in [-0.4, -0.2) is 36.5 Å². The van der Waals surface area contributed by atoms with Gasteiger partial charge in [0.15, 0.2) is 23.5 Å². The summed E-state index contributed by atoms with van der Waals surface area (Å²) in [7, 11) is 0. The zero-order valence-corrected chi connectivity index (χ0v) is 20.7. The zero-order chi connectivity index (χ0) is 29.4. The number of nitrogens with zero attached hydrogens (tertiary/aromatic N) is 6. The lowest BCUT2D eigenvalue weighted by Crippen LogP contribution is -2.20. The molecule has 3 heterocycles. The topological polar surface area (TPSA) is 118 Å². The predicted octanol–water partition coefficient (Wildman–Crippen LogP) is 5.45. The Balaban J connectivity index is 1.81. The third-order valence-electron chi connectivity index (χ3n) is 5.50. The highest BCUT2D eigenvalue weighted by atomic mass is 35.5. The van der Waals surface area contributed by atoms with Crippen molar-refractivity contribution in [2.75, 3.05) is 5.32 Å². The number of carbonyl (C=O) groups excluding carboxylic acids is 2. The maximum absolute atomic E-state index is 13.6. The number of carbonyl (C=O) groups is 2. The standard InChI is InChI=1S/C24H14ClF6N7O2/c1-12-5-13(8-32)6-14(10-39)18(12)35-22(40)17-7-15(36-38(17)21-16(25)3-2-4-33-21)9-37-11-34-19(23(26,27)28)20(37)24(29,30)31/h2-7,10-11H,9H2,1H3,(H,35,40). The van der Waals surface area contributed by atoms with Gasteiger partial charge < -0.3 is 9.88 Å². The molecule has 0 aliphatic carbocycles. The SMILES string of the molecule is Cc1cc(C#N)cc(C=O)c1NC(=O)c1cc(Cn2cnc(C(F)(F)F)c2C(F)(F)F)nn1-c1ncccc1Cl. The Morgan fingerprint density at radius 2 is 1.88 bits per heavy atom. The summed E-state index contributed by atoms with van der Waals surface area (Å²) in [6.07, 6.45) is -8.71. The minimum atomic E-state index is -5.41. The molecular formula is C24H14ClF6N7O2. The van der Waals surface area contributed by atoms with Crippen molar-refractivity contribution in [2.45, 2.75) is 25.8 Å². The Labute approximate surface area is 225 Å². The number of nitrogens with one attached hydrogen (secondary N) is 1. The summed E-state index contributed by atoms with van der Waals surface area (Å²) in [6, 6.07) is 8.43. The van der Waals surface area contributed by atoms with E-state index in [9.17, 15) is 35.9 Å². The smallest absolute Gasteiger partial charge is 0.320 e. The Morgan fingerprint density at radius 1 is 1.15 bits per heavy atom. The van der Waals surface area contributed by atoms with E-state index < -0.39 is 36.2 Å². The third-order valence-corrected chi connectivity index (χ3v) is 5.80. The molecule has 4 rings (SSSR count). The van der Waals surface area contributed by atoms with Crippen LogP contribution in [0.15, 0.2) is 42.9 Å². The molecule has 40 heavy (non-hydrogen) atoms. The molecule has 0 saturated heterocycles. The zero-order valence-electron chi connectivity index (χ0n) is 20.0. The number of nitriles is 1. The summed E-state index contributed by atoms with van der Waals surface area (Å²) in [5.74, 6) is -1.01. The summed E-state index contributed by atoms with van der Waals surface area (Å²) in [5.41, 5.74) is -4.22. The van der Waals surface area contributed by atoms with Crippen molar-refractivity contribution in [2.24, 2.45) is 0 Å². The van der Waals surface area contributed by atoms with E-state index in [1.54, 1.807) is 0 Å². The molecule has 1 N–H and O–H groups in total. The van der Waals surface area contributed by atoms with Crippen molar-refractivity contribution in [3.05, 3.63) is 87.3 Å². The van der Waals surface area contributed by atoms with Gasteiger partial charge in [-0.25, -0.2) is 14.6 Å². The highest BCUT2D eigenvalue weighted by Crippen LogP contribution is 2.39. The van der Waals surface area contributed by atoms with Crippen molar-refractivity contribution < 1.29 is 35.9 Å². The first-order chi connectivity index (χ1) is 18.7. The van der Waals surface area contributed by atoms with E-state index in [1.165, 1.54) is 37.4 Å². The van der Waals surface area contributed by atoms with E-state index >= 15 is 0 Å². The van der Waals surface area contributed by atoms with E-state index in [4.69, 9.17) is 16.9 Å². The molecule has 0 bridgehead atoms. The Bertz CT molecular complexity index is 1670. The fourth-order valence-corrected chi connectivity index (χ4v) is 4.07. The van der Waals surface area contributed by atoms with Crippen LogP contribution in [0.25, 0.3) is 5.82 Å². The molecule has 9 nitrogen and oxygen atoms in total. The second kappa shape index (κ2) is 10.5. The molecule has 1 aromatic carbocycles. The van der Waals surface area contributed by atoms with Gasteiger partial charge in [0.05, 0.1) is 40.9 Å². The fraction of sp³-hybridized carbons (Fsp3) is 0.167. The molecular weight excluding hydrogens is 568 g/mol. The Hall–Kier alpha value is -4.71. The maximum Gasteiger partial charge on any atom is 0.435 e. The van der Waals surface area contributed by atoms with Gasteiger partial charge in [-0.15, -0.1) is 0 Å². The third kappa shape index (κ3) is 5.52. The Kier molecular flexibility index (Phi) is 7.40. The second-order valence-electron chi connectivity index (χ2n) is 8.25. The molecule has 3 aromatic heterocycles. The molecule has 0 spiro atoms. The quantitative estimate of drug-likeness (QED) is 0.239. The van der Waals surface area contributed by atoms with Gasteiger partial charge in [0.25, 0.3) is 5.91 Å². The van der Waals surface area contributed by atoms with Crippen molar-refractivity contribution in [3.8, 4) is 11.9 Å². The summed E-state index contributed by atoms with van der Waals surface area (Å²) in [5, 5.41) is 15.7. The van der Waals surface area contributed by atoms with Crippen LogP contribution in [0.4, 0.5) is 32.0 Å². The number of pyridine rings is 1. The number of aromatic nitrogens is 5. The number of imidazole rings is 1. The summed E-state index contributed by atoms with van der Waals surface area (Å²) in [6.45, 7) is 0.670. The summed E-state index contributed by atoms with van der Waals surface area (Å²) in [4.78, 5) is 31.9. The average Bonchev–Trinajstić information content (AvgIpc) is 3.50. The first kappa shape index (κ1) is 28.3. The molecule has 0 unspecified atom stereocenters. The number of rotatable bonds is 6. The lowest BCUT2D eigenvalue weighted by atomic mass is 10.0. The van der Waals surface area contributed by atoms with E-state index in [0.29, 0.717) is 18.2 Å². The number of aryl methyl sites for hydroxylation is 1. The Morgan fingerprint density at radius 3 is 2.48 bits per heavy atom. The van der Waals surface area contributed by atoms with Gasteiger partial charge in [0.1, 0.15) is 5.69 Å². The van der Waals surface area contributed by atoms with Crippen LogP contribution in [-0.2, 0) is 18.9 Å². The van der Waals surface area contributed by atoms with Crippen LogP contribution >= 0.6 is 11.6 Å². The highest BCUT2D eigenvalue weighted by molar-refractivity contribution is 6.32. The van der Waals surface area contributed by atoms with Crippen molar-refractivity contribution >= 4 is 29.5 Å². The summed E-state index contributed by atoms with van der Waals surface area (Å²) < 4.78 is 81.5. The molecule has 4 aromatic rings.